The number of hydrogen-bond acceptors (Lipinski definition) is 7. The Morgan fingerprint density at radius 3 is 2.69 bits per heavy atom. The van der Waals surface area contributed by atoms with Crippen molar-refractivity contribution < 1.29 is 33.3 Å². The smallest absolute Gasteiger partial charge is 0.410 e. The molecule has 0 aliphatic carbocycles. The maximum atomic E-state index is 12.5. The van der Waals surface area contributed by atoms with Gasteiger partial charge in [-0.05, 0) is 55.0 Å². The number of likely N-dealkylation sites (tertiary alicyclic amines) is 1. The molecule has 0 aromatic heterocycles. The van der Waals surface area contributed by atoms with Gasteiger partial charge in [-0.1, -0.05) is 48.9 Å². The van der Waals surface area contributed by atoms with E-state index >= 15 is 0 Å². The molecule has 3 aliphatic rings. The lowest BCUT2D eigenvalue weighted by Gasteiger charge is -2.32. The van der Waals surface area contributed by atoms with Crippen molar-refractivity contribution in [1.82, 2.24) is 20.4 Å². The van der Waals surface area contributed by atoms with Crippen LogP contribution in [0.4, 0.5) is 9.59 Å². The van der Waals surface area contributed by atoms with Gasteiger partial charge in [0, 0.05) is 64.2 Å². The van der Waals surface area contributed by atoms with Crippen LogP contribution in [0.25, 0.3) is 0 Å². The third-order valence-corrected chi connectivity index (χ3v) is 8.65. The van der Waals surface area contributed by atoms with Gasteiger partial charge in [-0.2, -0.15) is 0 Å². The molecule has 1 atom stereocenters. The second-order valence-corrected chi connectivity index (χ2v) is 12.8. The average Bonchev–Trinajstić information content (AvgIpc) is 3.75. The highest BCUT2D eigenvalue weighted by atomic mass is 16.7. The molecule has 0 bridgehead atoms. The fourth-order valence-electron chi connectivity index (χ4n) is 5.93. The van der Waals surface area contributed by atoms with E-state index in [2.05, 4.69) is 22.5 Å². The molecular weight excluding hydrogens is 612 g/mol. The summed E-state index contributed by atoms with van der Waals surface area (Å²) in [6.07, 6.45) is 6.02. The molecule has 2 aromatic rings. The number of benzene rings is 2. The summed E-state index contributed by atoms with van der Waals surface area (Å²) in [5.74, 6) is 6.48. The van der Waals surface area contributed by atoms with Crippen LogP contribution >= 0.6 is 0 Å². The number of amides is 4. The standard InChI is InChI=1S/C37H48N4O7/c1-37(2)46-27-31-23-29(16-17-32(31)48-37)33-26-41(36(44)47-33)20-8-3-4-11-21-45-22-12-7-14-28-13-5-6-15-30(28)24-38-35(43)39-25-34(42)40-18-9-10-19-40/h5-6,13,15-17,23,33H,3-4,8-12,18-22,24-27H2,1-2H3,(H2,38,39,43). The number of unbranched alkanes of at least 4 members (excludes halogenated alkanes) is 3. The van der Waals surface area contributed by atoms with Crippen molar-refractivity contribution in [3.8, 4) is 17.6 Å². The van der Waals surface area contributed by atoms with Crippen molar-refractivity contribution in [2.75, 3.05) is 45.9 Å². The molecule has 1 unspecified atom stereocenters. The number of carbonyl (C=O) groups is 3. The highest BCUT2D eigenvalue weighted by Crippen LogP contribution is 2.35. The van der Waals surface area contributed by atoms with E-state index in [1.807, 2.05) is 56.3 Å². The normalized spacial score (nSPS) is 18.0. The summed E-state index contributed by atoms with van der Waals surface area (Å²) in [5, 5.41) is 5.46. The van der Waals surface area contributed by atoms with Crippen molar-refractivity contribution in [3.05, 3.63) is 64.7 Å². The first-order chi connectivity index (χ1) is 23.3. The minimum atomic E-state index is -0.639. The lowest BCUT2D eigenvalue weighted by Crippen LogP contribution is -2.42. The predicted molar refractivity (Wildman–Crippen MR) is 180 cm³/mol. The van der Waals surface area contributed by atoms with Gasteiger partial charge in [-0.3, -0.25) is 4.79 Å². The van der Waals surface area contributed by atoms with Gasteiger partial charge in [-0.25, -0.2) is 9.59 Å². The van der Waals surface area contributed by atoms with Gasteiger partial charge < -0.3 is 39.4 Å². The summed E-state index contributed by atoms with van der Waals surface area (Å²) >= 11 is 0. The first-order valence-electron chi connectivity index (χ1n) is 17.1. The lowest BCUT2D eigenvalue weighted by atomic mass is 10.0. The summed E-state index contributed by atoms with van der Waals surface area (Å²) < 4.78 is 23.1. The van der Waals surface area contributed by atoms with Gasteiger partial charge in [0.15, 0.2) is 0 Å². The summed E-state index contributed by atoms with van der Waals surface area (Å²) in [7, 11) is 0. The van der Waals surface area contributed by atoms with E-state index in [4.69, 9.17) is 18.9 Å². The van der Waals surface area contributed by atoms with Crippen molar-refractivity contribution in [1.29, 1.82) is 0 Å². The number of carbonyl (C=O) groups excluding carboxylic acids is 3. The molecular formula is C37H48N4O7. The SMILES string of the molecule is CC1(C)OCc2cc(C3CN(CCCCCCOCCC#Cc4ccccc4CNC(=O)NCC(=O)N4CCCC4)C(=O)O3)ccc2O1. The molecule has 0 spiro atoms. The number of nitrogens with zero attached hydrogens (tertiary/aromatic N) is 2. The van der Waals surface area contributed by atoms with Crippen LogP contribution in [0.2, 0.25) is 0 Å². The monoisotopic (exact) mass is 660 g/mol. The molecule has 4 amide bonds. The highest BCUT2D eigenvalue weighted by molar-refractivity contribution is 5.84. The molecule has 48 heavy (non-hydrogen) atoms. The summed E-state index contributed by atoms with van der Waals surface area (Å²) in [6, 6.07) is 13.2. The number of fused-ring (bicyclic) bond motifs is 1. The zero-order chi connectivity index (χ0) is 33.8. The molecule has 11 heteroatoms. The molecule has 5 rings (SSSR count). The highest BCUT2D eigenvalue weighted by Gasteiger charge is 2.33. The van der Waals surface area contributed by atoms with Crippen LogP contribution < -0.4 is 15.4 Å². The summed E-state index contributed by atoms with van der Waals surface area (Å²) in [4.78, 5) is 40.4. The van der Waals surface area contributed by atoms with Gasteiger partial charge in [0.25, 0.3) is 0 Å². The van der Waals surface area contributed by atoms with Gasteiger partial charge in [0.1, 0.15) is 11.9 Å². The van der Waals surface area contributed by atoms with E-state index in [0.717, 1.165) is 79.6 Å². The van der Waals surface area contributed by atoms with Gasteiger partial charge in [-0.15, -0.1) is 0 Å². The van der Waals surface area contributed by atoms with Crippen LogP contribution in [-0.2, 0) is 32.2 Å². The average molecular weight is 661 g/mol. The topological polar surface area (TPSA) is 119 Å². The number of rotatable bonds is 14. The largest absolute Gasteiger partial charge is 0.463 e. The molecule has 11 nitrogen and oxygen atoms in total. The molecule has 0 radical (unpaired) electrons. The minimum absolute atomic E-state index is 0.00607. The van der Waals surface area contributed by atoms with Crippen LogP contribution in [-0.4, -0.2) is 79.6 Å². The van der Waals surface area contributed by atoms with Gasteiger partial charge >= 0.3 is 12.1 Å². The summed E-state index contributed by atoms with van der Waals surface area (Å²) in [6.45, 7) is 8.57. The Balaban J connectivity index is 0.905. The first kappa shape index (κ1) is 35.0. The van der Waals surface area contributed by atoms with Crippen molar-refractivity contribution >= 4 is 18.0 Å². The van der Waals surface area contributed by atoms with Crippen molar-refractivity contribution in [3.63, 3.8) is 0 Å². The number of ether oxygens (including phenoxy) is 4. The van der Waals surface area contributed by atoms with E-state index in [0.29, 0.717) is 45.9 Å². The predicted octanol–water partition coefficient (Wildman–Crippen LogP) is 5.27. The van der Waals surface area contributed by atoms with Crippen molar-refractivity contribution in [2.24, 2.45) is 0 Å². The van der Waals surface area contributed by atoms with Crippen LogP contribution in [0.5, 0.6) is 5.75 Å². The molecule has 258 valence electrons. The Morgan fingerprint density at radius 2 is 1.83 bits per heavy atom. The summed E-state index contributed by atoms with van der Waals surface area (Å²) in [5.41, 5.74) is 3.70. The second-order valence-electron chi connectivity index (χ2n) is 12.8. The number of cyclic esters (lactones) is 1. The van der Waals surface area contributed by atoms with Crippen LogP contribution in [0.1, 0.15) is 87.2 Å². The lowest BCUT2D eigenvalue weighted by molar-refractivity contribution is -0.180. The fraction of sp³-hybridized carbons (Fsp3) is 0.541. The Bertz CT molecular complexity index is 1480. The Morgan fingerprint density at radius 1 is 1.02 bits per heavy atom. The zero-order valence-corrected chi connectivity index (χ0v) is 28.2. The maximum absolute atomic E-state index is 12.5. The van der Waals surface area contributed by atoms with E-state index in [1.54, 1.807) is 9.80 Å². The quantitative estimate of drug-likeness (QED) is 0.210. The molecule has 2 fully saturated rings. The van der Waals surface area contributed by atoms with Crippen LogP contribution in [0, 0.1) is 11.8 Å². The molecule has 3 aliphatic heterocycles. The number of hydrogen-bond donors (Lipinski definition) is 2. The third-order valence-electron chi connectivity index (χ3n) is 8.65. The minimum Gasteiger partial charge on any atom is -0.463 e. The van der Waals surface area contributed by atoms with Crippen LogP contribution in [0.15, 0.2) is 42.5 Å². The second kappa shape index (κ2) is 17.2. The van der Waals surface area contributed by atoms with E-state index in [9.17, 15) is 14.4 Å². The Kier molecular flexibility index (Phi) is 12.6. The molecule has 2 aromatic carbocycles. The number of nitrogens with one attached hydrogen (secondary N) is 2. The molecule has 2 N–H and O–H groups in total. The Labute approximate surface area is 283 Å². The maximum Gasteiger partial charge on any atom is 0.410 e. The molecule has 3 heterocycles. The number of urea groups is 1. The molecule has 0 saturated carbocycles. The first-order valence-corrected chi connectivity index (χ1v) is 17.1. The fourth-order valence-corrected chi connectivity index (χ4v) is 5.93. The van der Waals surface area contributed by atoms with E-state index in [1.165, 1.54) is 0 Å². The van der Waals surface area contributed by atoms with E-state index in [-0.39, 0.29) is 30.7 Å². The van der Waals surface area contributed by atoms with Crippen LogP contribution in [0.3, 0.4) is 0 Å². The van der Waals surface area contributed by atoms with E-state index < -0.39 is 5.79 Å². The third kappa shape index (κ3) is 10.4. The van der Waals surface area contributed by atoms with Gasteiger partial charge in [0.05, 0.1) is 26.3 Å². The van der Waals surface area contributed by atoms with Crippen molar-refractivity contribution in [2.45, 2.75) is 83.8 Å². The Hall–Kier alpha value is -4.27. The van der Waals surface area contributed by atoms with Gasteiger partial charge in [0.2, 0.25) is 11.7 Å². The zero-order valence-electron chi connectivity index (χ0n) is 28.2. The molecule has 2 saturated heterocycles.